The number of methoxy groups -OCH3 is 1. The van der Waals surface area contributed by atoms with Gasteiger partial charge < -0.3 is 14.8 Å². The third kappa shape index (κ3) is 3.00. The van der Waals surface area contributed by atoms with E-state index in [-0.39, 0.29) is 18.7 Å². The van der Waals surface area contributed by atoms with Crippen LogP contribution in [0.25, 0.3) is 0 Å². The van der Waals surface area contributed by atoms with Crippen LogP contribution in [0, 0.1) is 17.2 Å². The molecule has 156 valence electrons. The first-order valence-corrected chi connectivity index (χ1v) is 10.2. The molecule has 0 spiro atoms. The topological polar surface area (TPSA) is 109 Å². The van der Waals surface area contributed by atoms with Crippen molar-refractivity contribution in [1.29, 1.82) is 5.26 Å². The second-order valence-corrected chi connectivity index (χ2v) is 9.18. The molecule has 12 heteroatoms. The molecule has 3 fully saturated rings. The number of sulfonamides is 1. The predicted molar refractivity (Wildman–Crippen MR) is 92.3 cm³/mol. The molecule has 29 heavy (non-hydrogen) atoms. The van der Waals surface area contributed by atoms with Gasteiger partial charge in [0.25, 0.3) is 0 Å². The van der Waals surface area contributed by atoms with Crippen LogP contribution in [0.5, 0.6) is 0 Å². The molecule has 3 aliphatic heterocycles. The van der Waals surface area contributed by atoms with E-state index in [2.05, 4.69) is 10.1 Å². The van der Waals surface area contributed by atoms with Crippen molar-refractivity contribution in [1.82, 2.24) is 5.32 Å². The first-order valence-electron chi connectivity index (χ1n) is 8.70. The summed E-state index contributed by atoms with van der Waals surface area (Å²) in [5.41, 5.74) is -1.92. The van der Waals surface area contributed by atoms with Crippen molar-refractivity contribution in [3.05, 3.63) is 29.3 Å². The van der Waals surface area contributed by atoms with Crippen molar-refractivity contribution >= 4 is 21.8 Å². The maximum Gasteiger partial charge on any atom is 0.417 e. The molecular formula is C17H16F3N3O5S. The summed E-state index contributed by atoms with van der Waals surface area (Å²) in [5.74, 6) is -0.508. The summed E-state index contributed by atoms with van der Waals surface area (Å²) < 4.78 is 77.2. The smallest absolute Gasteiger partial charge is 0.417 e. The number of benzene rings is 1. The molecule has 3 heterocycles. The van der Waals surface area contributed by atoms with E-state index >= 15 is 0 Å². The molecule has 5 atom stereocenters. The Hall–Kier alpha value is -2.52. The van der Waals surface area contributed by atoms with Gasteiger partial charge in [0.05, 0.1) is 48.2 Å². The number of alkyl halides is 3. The van der Waals surface area contributed by atoms with E-state index in [1.807, 2.05) is 0 Å². The number of alkyl carbamates (subject to hydrolysis) is 1. The Bertz CT molecular complexity index is 1010. The van der Waals surface area contributed by atoms with Crippen molar-refractivity contribution in [3.63, 3.8) is 0 Å². The Kier molecular flexibility index (Phi) is 4.43. The largest absolute Gasteiger partial charge is 0.453 e. The van der Waals surface area contributed by atoms with Crippen LogP contribution in [0.2, 0.25) is 0 Å². The molecule has 0 aromatic heterocycles. The predicted octanol–water partition coefficient (Wildman–Crippen LogP) is 1.61. The average Bonchev–Trinajstić information content (AvgIpc) is 3.30. The monoisotopic (exact) mass is 431 g/mol. The molecule has 0 saturated carbocycles. The van der Waals surface area contributed by atoms with Crippen molar-refractivity contribution < 1.29 is 35.9 Å². The highest BCUT2D eigenvalue weighted by atomic mass is 32.2. The van der Waals surface area contributed by atoms with Crippen LogP contribution < -0.4 is 9.62 Å². The number of nitriles is 1. The standard InChI is InChI=1S/C17H16F3N3O5S/c1-27-16(24)22-12-5-13-15-10(14(12)28-13)7-23(29(15,25)26)9-3-2-8(6-21)11(4-9)17(18,19)20/h2-4,10,12-15H,5,7H2,1H3,(H,22,24)/t10-,12+,13+,14-,15-/m0/s1. The summed E-state index contributed by atoms with van der Waals surface area (Å²) in [6, 6.07) is 3.88. The maximum atomic E-state index is 13.3. The summed E-state index contributed by atoms with van der Waals surface area (Å²) in [6.07, 6.45) is -6.43. The fourth-order valence-corrected chi connectivity index (χ4v) is 6.82. The molecule has 4 rings (SSSR count). The first-order chi connectivity index (χ1) is 13.6. The Labute approximate surface area is 164 Å². The quantitative estimate of drug-likeness (QED) is 0.762. The Morgan fingerprint density at radius 3 is 2.76 bits per heavy atom. The van der Waals surface area contributed by atoms with Gasteiger partial charge in [-0.3, -0.25) is 4.31 Å². The van der Waals surface area contributed by atoms with Crippen LogP contribution in [-0.2, 0) is 25.7 Å². The lowest BCUT2D eigenvalue weighted by atomic mass is 9.85. The number of rotatable bonds is 2. The number of amides is 1. The second kappa shape index (κ2) is 6.50. The Morgan fingerprint density at radius 1 is 1.41 bits per heavy atom. The normalized spacial score (nSPS) is 32.0. The van der Waals surface area contributed by atoms with Crippen LogP contribution in [0.4, 0.5) is 23.7 Å². The number of hydrogen-bond acceptors (Lipinski definition) is 6. The second-order valence-electron chi connectivity index (χ2n) is 7.16. The number of nitrogens with one attached hydrogen (secondary N) is 1. The zero-order valence-electron chi connectivity index (χ0n) is 15.0. The number of ether oxygens (including phenoxy) is 2. The minimum absolute atomic E-state index is 0.0727. The molecule has 3 aliphatic rings. The van der Waals surface area contributed by atoms with Crippen LogP contribution in [0.15, 0.2) is 18.2 Å². The Balaban J connectivity index is 1.66. The van der Waals surface area contributed by atoms with Crippen LogP contribution in [-0.4, -0.2) is 51.7 Å². The minimum Gasteiger partial charge on any atom is -0.453 e. The Morgan fingerprint density at radius 2 is 2.14 bits per heavy atom. The van der Waals surface area contributed by atoms with Crippen LogP contribution in [0.3, 0.4) is 0 Å². The van der Waals surface area contributed by atoms with E-state index in [1.54, 1.807) is 0 Å². The van der Waals surface area contributed by atoms with Gasteiger partial charge in [-0.2, -0.15) is 18.4 Å². The fourth-order valence-electron chi connectivity index (χ4n) is 4.50. The van der Waals surface area contributed by atoms with Crippen molar-refractivity contribution in [3.8, 4) is 6.07 Å². The highest BCUT2D eigenvalue weighted by Gasteiger charge is 2.64. The first kappa shape index (κ1) is 19.8. The van der Waals surface area contributed by atoms with Crippen LogP contribution >= 0.6 is 0 Å². The molecule has 0 aliphatic carbocycles. The third-order valence-corrected chi connectivity index (χ3v) is 7.97. The number of fused-ring (bicyclic) bond motifs is 5. The molecule has 8 nitrogen and oxygen atoms in total. The van der Waals surface area contributed by atoms with Crippen molar-refractivity contribution in [2.24, 2.45) is 5.92 Å². The molecule has 2 bridgehead atoms. The number of anilines is 1. The number of carbonyl (C=O) groups is 1. The third-order valence-electron chi connectivity index (χ3n) is 5.66. The molecule has 1 aromatic carbocycles. The van der Waals surface area contributed by atoms with Gasteiger partial charge in [0, 0.05) is 12.5 Å². The highest BCUT2D eigenvalue weighted by molar-refractivity contribution is 7.93. The van der Waals surface area contributed by atoms with Gasteiger partial charge in [-0.25, -0.2) is 13.2 Å². The maximum absolute atomic E-state index is 13.3. The van der Waals surface area contributed by atoms with E-state index in [4.69, 9.17) is 10.00 Å². The summed E-state index contributed by atoms with van der Waals surface area (Å²) in [4.78, 5) is 11.5. The van der Waals surface area contributed by atoms with E-state index < -0.39 is 62.8 Å². The molecule has 0 radical (unpaired) electrons. The lowest BCUT2D eigenvalue weighted by Gasteiger charge is -2.25. The molecular weight excluding hydrogens is 415 g/mol. The van der Waals surface area contributed by atoms with Gasteiger partial charge in [-0.15, -0.1) is 0 Å². The van der Waals surface area contributed by atoms with E-state index in [0.717, 1.165) is 10.4 Å². The number of hydrogen-bond donors (Lipinski definition) is 1. The molecule has 1 amide bonds. The summed E-state index contributed by atoms with van der Waals surface area (Å²) in [6.45, 7) is -0.0727. The van der Waals surface area contributed by atoms with Gasteiger partial charge in [0.15, 0.2) is 0 Å². The van der Waals surface area contributed by atoms with Crippen LogP contribution in [0.1, 0.15) is 17.5 Å². The van der Waals surface area contributed by atoms with Gasteiger partial charge >= 0.3 is 12.3 Å². The zero-order chi connectivity index (χ0) is 21.1. The number of nitrogens with zero attached hydrogens (tertiary/aromatic N) is 2. The lowest BCUT2D eigenvalue weighted by Crippen LogP contribution is -2.48. The SMILES string of the molecule is COC(=O)N[C@@H]1C[C@H]2O[C@H]1[C@@H]1CN(c3ccc(C#N)c(C(F)(F)F)c3)S(=O)(=O)[C@@H]12. The van der Waals surface area contributed by atoms with Gasteiger partial charge in [-0.1, -0.05) is 0 Å². The molecule has 1 aromatic rings. The molecule has 1 N–H and O–H groups in total. The van der Waals surface area contributed by atoms with E-state index in [9.17, 15) is 26.4 Å². The number of carbonyl (C=O) groups excluding carboxylic acids is 1. The summed E-state index contributed by atoms with van der Waals surface area (Å²) in [5, 5.41) is 10.6. The fraction of sp³-hybridized carbons (Fsp3) is 0.529. The van der Waals surface area contributed by atoms with E-state index in [0.29, 0.717) is 6.07 Å². The van der Waals surface area contributed by atoms with Crippen molar-refractivity contribution in [2.75, 3.05) is 18.0 Å². The van der Waals surface area contributed by atoms with Crippen molar-refractivity contribution in [2.45, 2.75) is 36.1 Å². The van der Waals surface area contributed by atoms with Gasteiger partial charge in [0.1, 0.15) is 5.25 Å². The number of halogens is 3. The van der Waals surface area contributed by atoms with Gasteiger partial charge in [-0.05, 0) is 24.6 Å². The van der Waals surface area contributed by atoms with E-state index in [1.165, 1.54) is 19.2 Å². The minimum atomic E-state index is -4.79. The lowest BCUT2D eigenvalue weighted by molar-refractivity contribution is -0.137. The molecule has 0 unspecified atom stereocenters. The van der Waals surface area contributed by atoms with Gasteiger partial charge in [0.2, 0.25) is 10.0 Å². The average molecular weight is 431 g/mol. The summed E-state index contributed by atoms with van der Waals surface area (Å²) >= 11 is 0. The zero-order valence-corrected chi connectivity index (χ0v) is 15.8. The summed E-state index contributed by atoms with van der Waals surface area (Å²) in [7, 11) is -2.77. The molecule has 3 saturated heterocycles. The highest BCUT2D eigenvalue weighted by Crippen LogP contribution is 2.49.